The summed E-state index contributed by atoms with van der Waals surface area (Å²) in [4.78, 5) is 4.61. The van der Waals surface area contributed by atoms with E-state index < -0.39 is 0 Å². The Morgan fingerprint density at radius 2 is 2.11 bits per heavy atom. The van der Waals surface area contributed by atoms with Crippen LogP contribution in [0.25, 0.3) is 0 Å². The Balaban J connectivity index is 1.93. The molecule has 2 heteroatoms. The standard InChI is InChI=1S/C16H27NO/c1-11(2)14-12-7-5-4-6-8-16(12,3)9-13-15(14)18-10-17-13/h10-15H,4-9H2,1-3H3/t12-,13+,14+,15-,16-/m0/s1. The van der Waals surface area contributed by atoms with Gasteiger partial charge in [0.25, 0.3) is 0 Å². The van der Waals surface area contributed by atoms with Gasteiger partial charge in [-0.25, -0.2) is 0 Å². The second-order valence-electron chi connectivity index (χ2n) is 7.31. The third-order valence-electron chi connectivity index (χ3n) is 5.80. The summed E-state index contributed by atoms with van der Waals surface area (Å²) in [6.07, 6.45) is 10.4. The number of hydrogen-bond acceptors (Lipinski definition) is 2. The molecule has 2 saturated carbocycles. The molecule has 0 aromatic heterocycles. The third kappa shape index (κ3) is 1.88. The van der Waals surface area contributed by atoms with Crippen LogP contribution < -0.4 is 0 Å². The first kappa shape index (κ1) is 12.5. The first-order valence-electron chi connectivity index (χ1n) is 7.79. The molecule has 0 unspecified atom stereocenters. The lowest BCUT2D eigenvalue weighted by Gasteiger charge is -2.51. The molecule has 3 rings (SSSR count). The summed E-state index contributed by atoms with van der Waals surface area (Å²) >= 11 is 0. The van der Waals surface area contributed by atoms with Gasteiger partial charge in [0.2, 0.25) is 0 Å². The Morgan fingerprint density at radius 3 is 2.89 bits per heavy atom. The number of rotatable bonds is 1. The topological polar surface area (TPSA) is 21.6 Å². The van der Waals surface area contributed by atoms with Gasteiger partial charge < -0.3 is 4.74 Å². The van der Waals surface area contributed by atoms with Crippen LogP contribution in [-0.2, 0) is 4.74 Å². The molecule has 5 atom stereocenters. The average Bonchev–Trinajstić information content (AvgIpc) is 2.66. The van der Waals surface area contributed by atoms with Crippen LogP contribution in [0.1, 0.15) is 59.3 Å². The van der Waals surface area contributed by atoms with Crippen molar-refractivity contribution in [2.75, 3.05) is 0 Å². The van der Waals surface area contributed by atoms with E-state index in [1.54, 1.807) is 6.40 Å². The summed E-state index contributed by atoms with van der Waals surface area (Å²) in [5.41, 5.74) is 0.512. The van der Waals surface area contributed by atoms with E-state index >= 15 is 0 Å². The van der Waals surface area contributed by atoms with Gasteiger partial charge in [0, 0.05) is 5.92 Å². The Morgan fingerprint density at radius 1 is 1.28 bits per heavy atom. The molecule has 0 bridgehead atoms. The van der Waals surface area contributed by atoms with E-state index in [1.807, 2.05) is 0 Å². The predicted octanol–water partition coefficient (Wildman–Crippen LogP) is 4.04. The SMILES string of the molecule is CC(C)[C@H]1[C@H]2OC=N[C@@H]2C[C@]2(C)CCCCC[C@@H]12. The van der Waals surface area contributed by atoms with Gasteiger partial charge in [-0.05, 0) is 36.5 Å². The first-order valence-corrected chi connectivity index (χ1v) is 7.79. The van der Waals surface area contributed by atoms with Gasteiger partial charge >= 0.3 is 0 Å². The molecule has 0 N–H and O–H groups in total. The van der Waals surface area contributed by atoms with Gasteiger partial charge in [-0.3, -0.25) is 4.99 Å². The normalized spacial score (nSPS) is 47.3. The minimum Gasteiger partial charge on any atom is -0.478 e. The molecular weight excluding hydrogens is 222 g/mol. The second-order valence-corrected chi connectivity index (χ2v) is 7.31. The highest BCUT2D eigenvalue weighted by atomic mass is 16.5. The van der Waals surface area contributed by atoms with Crippen LogP contribution in [0.4, 0.5) is 0 Å². The Kier molecular flexibility index (Phi) is 3.15. The van der Waals surface area contributed by atoms with Crippen molar-refractivity contribution in [3.05, 3.63) is 0 Å². The van der Waals surface area contributed by atoms with E-state index in [0.29, 0.717) is 29.4 Å². The zero-order valence-corrected chi connectivity index (χ0v) is 12.1. The molecule has 1 aliphatic heterocycles. The van der Waals surface area contributed by atoms with Gasteiger partial charge in [0.15, 0.2) is 6.40 Å². The lowest BCUT2D eigenvalue weighted by atomic mass is 9.56. The van der Waals surface area contributed by atoms with E-state index in [2.05, 4.69) is 25.8 Å². The zero-order chi connectivity index (χ0) is 12.8. The maximum absolute atomic E-state index is 5.87. The van der Waals surface area contributed by atoms with E-state index in [1.165, 1.54) is 38.5 Å². The summed E-state index contributed by atoms with van der Waals surface area (Å²) in [6, 6.07) is 0.441. The first-order chi connectivity index (χ1) is 8.62. The fourth-order valence-electron chi connectivity index (χ4n) is 4.94. The number of fused-ring (bicyclic) bond motifs is 2. The summed E-state index contributed by atoms with van der Waals surface area (Å²) in [5, 5.41) is 0. The molecule has 3 aliphatic rings. The maximum atomic E-state index is 5.87. The minimum absolute atomic E-state index is 0.376. The van der Waals surface area contributed by atoms with Crippen LogP contribution in [0.2, 0.25) is 0 Å². The van der Waals surface area contributed by atoms with Gasteiger partial charge in [-0.15, -0.1) is 0 Å². The predicted molar refractivity (Wildman–Crippen MR) is 74.8 cm³/mol. The smallest absolute Gasteiger partial charge is 0.170 e. The van der Waals surface area contributed by atoms with Crippen molar-refractivity contribution in [1.29, 1.82) is 0 Å². The van der Waals surface area contributed by atoms with Crippen molar-refractivity contribution in [2.45, 2.75) is 71.4 Å². The summed E-state index contributed by atoms with van der Waals surface area (Å²) in [7, 11) is 0. The van der Waals surface area contributed by atoms with E-state index in [0.717, 1.165) is 5.92 Å². The Labute approximate surface area is 111 Å². The van der Waals surface area contributed by atoms with Gasteiger partial charge in [-0.2, -0.15) is 0 Å². The maximum Gasteiger partial charge on any atom is 0.170 e. The Bertz CT molecular complexity index is 338. The molecule has 0 spiro atoms. The summed E-state index contributed by atoms with van der Waals surface area (Å²) < 4.78 is 5.87. The number of hydrogen-bond donors (Lipinski definition) is 0. The van der Waals surface area contributed by atoms with E-state index in [4.69, 9.17) is 4.74 Å². The van der Waals surface area contributed by atoms with Crippen LogP contribution in [0.15, 0.2) is 4.99 Å². The zero-order valence-electron chi connectivity index (χ0n) is 12.1. The highest BCUT2D eigenvalue weighted by Crippen LogP contribution is 2.55. The summed E-state index contributed by atoms with van der Waals surface area (Å²) in [6.45, 7) is 7.28. The molecule has 2 aliphatic carbocycles. The second kappa shape index (κ2) is 4.54. The number of nitrogens with zero attached hydrogens (tertiary/aromatic N) is 1. The molecule has 2 nitrogen and oxygen atoms in total. The molecule has 0 saturated heterocycles. The van der Waals surface area contributed by atoms with Crippen molar-refractivity contribution < 1.29 is 4.74 Å². The average molecular weight is 249 g/mol. The van der Waals surface area contributed by atoms with Gasteiger partial charge in [-0.1, -0.05) is 40.0 Å². The van der Waals surface area contributed by atoms with Crippen molar-refractivity contribution in [3.63, 3.8) is 0 Å². The third-order valence-corrected chi connectivity index (χ3v) is 5.80. The van der Waals surface area contributed by atoms with Crippen LogP contribution in [0, 0.1) is 23.2 Å². The van der Waals surface area contributed by atoms with E-state index in [-0.39, 0.29) is 0 Å². The number of ether oxygens (including phenoxy) is 1. The Hall–Kier alpha value is -0.530. The molecule has 0 radical (unpaired) electrons. The van der Waals surface area contributed by atoms with Crippen LogP contribution in [0.5, 0.6) is 0 Å². The van der Waals surface area contributed by atoms with Crippen LogP contribution >= 0.6 is 0 Å². The van der Waals surface area contributed by atoms with Crippen molar-refractivity contribution in [1.82, 2.24) is 0 Å². The van der Waals surface area contributed by atoms with Gasteiger partial charge in [0.05, 0.1) is 6.04 Å². The molecule has 2 fully saturated rings. The van der Waals surface area contributed by atoms with Crippen LogP contribution in [-0.4, -0.2) is 18.5 Å². The van der Waals surface area contributed by atoms with Crippen molar-refractivity contribution in [3.8, 4) is 0 Å². The summed E-state index contributed by atoms with van der Waals surface area (Å²) in [5.74, 6) is 2.26. The fourth-order valence-corrected chi connectivity index (χ4v) is 4.94. The molecule has 1 heterocycles. The molecule has 0 amide bonds. The number of aliphatic imine (C=N–C) groups is 1. The van der Waals surface area contributed by atoms with Gasteiger partial charge in [0.1, 0.15) is 6.10 Å². The molecule has 102 valence electrons. The monoisotopic (exact) mass is 249 g/mol. The minimum atomic E-state index is 0.376. The van der Waals surface area contributed by atoms with Crippen molar-refractivity contribution in [2.24, 2.45) is 28.2 Å². The van der Waals surface area contributed by atoms with Crippen LogP contribution in [0.3, 0.4) is 0 Å². The quantitative estimate of drug-likeness (QED) is 0.687. The van der Waals surface area contributed by atoms with Crippen molar-refractivity contribution >= 4 is 6.40 Å². The fraction of sp³-hybridized carbons (Fsp3) is 0.938. The highest BCUT2D eigenvalue weighted by molar-refractivity contribution is 5.50. The lowest BCUT2D eigenvalue weighted by Crippen LogP contribution is -2.51. The largest absolute Gasteiger partial charge is 0.478 e. The van der Waals surface area contributed by atoms with E-state index in [9.17, 15) is 0 Å². The highest BCUT2D eigenvalue weighted by Gasteiger charge is 2.53. The molecular formula is C16H27NO. The molecule has 0 aromatic rings. The molecule has 18 heavy (non-hydrogen) atoms. The lowest BCUT2D eigenvalue weighted by molar-refractivity contribution is -0.0554. The molecule has 0 aromatic carbocycles.